The van der Waals surface area contributed by atoms with Crippen LogP contribution in [0.2, 0.25) is 0 Å². The van der Waals surface area contributed by atoms with E-state index in [4.69, 9.17) is 15.4 Å². The van der Waals surface area contributed by atoms with Gasteiger partial charge in [0.05, 0.1) is 0 Å². The molecule has 0 aliphatic rings. The van der Waals surface area contributed by atoms with Crippen LogP contribution in [0.15, 0.2) is 30.3 Å². The molecule has 146 valence electrons. The summed E-state index contributed by atoms with van der Waals surface area (Å²) < 4.78 is 17.5. The van der Waals surface area contributed by atoms with E-state index in [1.54, 1.807) is 13.8 Å². The zero-order chi connectivity index (χ0) is 19.7. The van der Waals surface area contributed by atoms with E-state index in [1.165, 1.54) is 0 Å². The van der Waals surface area contributed by atoms with Crippen LogP contribution >= 0.6 is 7.60 Å². The van der Waals surface area contributed by atoms with Crippen LogP contribution in [0.5, 0.6) is 0 Å². The van der Waals surface area contributed by atoms with Crippen molar-refractivity contribution in [2.24, 2.45) is 11.7 Å². The summed E-state index contributed by atoms with van der Waals surface area (Å²) in [7, 11) is -4.42. The Kier molecular flexibility index (Phi) is 8.95. The molecular weight excluding hydrogens is 359 g/mol. The zero-order valence-electron chi connectivity index (χ0n) is 15.0. The first-order chi connectivity index (χ1) is 12.2. The number of carbonyl (C=O) groups is 2. The topological polar surface area (TPSA) is 139 Å². The Morgan fingerprint density at radius 1 is 1.27 bits per heavy atom. The van der Waals surface area contributed by atoms with Crippen LogP contribution in [0.1, 0.15) is 32.3 Å². The number of nitrogens with two attached hydrogens (primary N) is 1. The molecule has 0 spiro atoms. The van der Waals surface area contributed by atoms with E-state index in [0.29, 0.717) is 6.42 Å². The molecule has 1 aromatic carbocycles. The molecule has 0 saturated carbocycles. The maximum atomic E-state index is 12.6. The van der Waals surface area contributed by atoms with E-state index in [9.17, 15) is 19.0 Å². The van der Waals surface area contributed by atoms with Crippen LogP contribution in [-0.4, -0.2) is 40.3 Å². The first kappa shape index (κ1) is 22.3. The number of rotatable bonds is 11. The second kappa shape index (κ2) is 10.4. The zero-order valence-corrected chi connectivity index (χ0v) is 15.9. The lowest BCUT2D eigenvalue weighted by Gasteiger charge is -2.28. The summed E-state index contributed by atoms with van der Waals surface area (Å²) in [6, 6.07) is 9.37. The van der Waals surface area contributed by atoms with Gasteiger partial charge in [-0.15, -0.1) is 0 Å². The highest BCUT2D eigenvalue weighted by atomic mass is 31.2. The Balaban J connectivity index is 2.74. The van der Waals surface area contributed by atoms with Crippen molar-refractivity contribution in [1.29, 1.82) is 0 Å². The molecule has 1 amide bonds. The van der Waals surface area contributed by atoms with Crippen molar-refractivity contribution >= 4 is 19.5 Å². The molecule has 8 nitrogen and oxygen atoms in total. The Bertz CT molecular complexity index is 637. The monoisotopic (exact) mass is 386 g/mol. The van der Waals surface area contributed by atoms with Crippen molar-refractivity contribution in [3.8, 4) is 0 Å². The highest BCUT2D eigenvalue weighted by Gasteiger charge is 2.39. The summed E-state index contributed by atoms with van der Waals surface area (Å²) in [5, 5.41) is 11.6. The van der Waals surface area contributed by atoms with Gasteiger partial charge in [0.15, 0.2) is 6.10 Å². The van der Waals surface area contributed by atoms with Gasteiger partial charge in [0.2, 0.25) is 5.91 Å². The molecule has 0 aliphatic heterocycles. The van der Waals surface area contributed by atoms with E-state index in [1.807, 2.05) is 30.3 Å². The first-order valence-corrected chi connectivity index (χ1v) is 10.1. The molecule has 0 aromatic heterocycles. The normalized spacial score (nSPS) is 15.9. The highest BCUT2D eigenvalue weighted by Crippen LogP contribution is 2.50. The number of nitrogens with one attached hydrogen (secondary N) is 1. The lowest BCUT2D eigenvalue weighted by molar-refractivity contribution is -0.145. The van der Waals surface area contributed by atoms with Crippen molar-refractivity contribution in [2.45, 2.75) is 45.0 Å². The number of benzene rings is 1. The summed E-state index contributed by atoms with van der Waals surface area (Å²) in [6.45, 7) is 3.28. The van der Waals surface area contributed by atoms with Crippen LogP contribution in [0.25, 0.3) is 0 Å². The number of amides is 1. The molecule has 3 atom stereocenters. The predicted molar refractivity (Wildman–Crippen MR) is 97.5 cm³/mol. The number of carboxylic acid groups (broad SMARTS) is 1. The minimum atomic E-state index is -4.42. The van der Waals surface area contributed by atoms with Gasteiger partial charge in [-0.1, -0.05) is 44.2 Å². The Morgan fingerprint density at radius 3 is 2.38 bits per heavy atom. The minimum absolute atomic E-state index is 0.00720. The summed E-state index contributed by atoms with van der Waals surface area (Å²) in [6.07, 6.45) is -0.984. The Morgan fingerprint density at radius 2 is 1.88 bits per heavy atom. The van der Waals surface area contributed by atoms with Gasteiger partial charge in [-0.25, -0.2) is 4.79 Å². The van der Waals surface area contributed by atoms with Crippen LogP contribution in [0.3, 0.4) is 0 Å². The number of hydrogen-bond acceptors (Lipinski definition) is 5. The van der Waals surface area contributed by atoms with Gasteiger partial charge in [0.25, 0.3) is 0 Å². The van der Waals surface area contributed by atoms with E-state index in [2.05, 4.69) is 5.32 Å². The third-order valence-corrected chi connectivity index (χ3v) is 5.74. The summed E-state index contributed by atoms with van der Waals surface area (Å²) >= 11 is 0. The van der Waals surface area contributed by atoms with Crippen LogP contribution in [0, 0.1) is 5.92 Å². The van der Waals surface area contributed by atoms with Gasteiger partial charge in [-0.05, 0) is 30.9 Å². The number of carboxylic acids is 1. The Labute approximate surface area is 153 Å². The van der Waals surface area contributed by atoms with Crippen molar-refractivity contribution < 1.29 is 28.7 Å². The van der Waals surface area contributed by atoms with Gasteiger partial charge in [0.1, 0.15) is 5.78 Å². The van der Waals surface area contributed by atoms with E-state index in [-0.39, 0.29) is 19.4 Å². The third-order valence-electron chi connectivity index (χ3n) is 3.76. The largest absolute Gasteiger partial charge is 0.479 e. The smallest absolute Gasteiger partial charge is 0.351 e. The Hall–Kier alpha value is -1.73. The molecule has 0 bridgehead atoms. The standard InChI is InChI=1S/C17H27N2O6P/c1-12(2)16(26(23,24)25-14(10-11-18)17(21)22)19-15(20)9-8-13-6-4-3-5-7-13/h3-7,12,14,16H,8-11,18H2,1-2H3,(H,19,20)(H,21,22)(H,23,24). The first-order valence-electron chi connectivity index (χ1n) is 8.44. The lowest BCUT2D eigenvalue weighted by Crippen LogP contribution is -2.40. The maximum absolute atomic E-state index is 12.6. The molecule has 9 heteroatoms. The summed E-state index contributed by atoms with van der Waals surface area (Å²) in [4.78, 5) is 33.6. The lowest BCUT2D eigenvalue weighted by atomic mass is 10.1. The van der Waals surface area contributed by atoms with Crippen molar-refractivity contribution in [3.63, 3.8) is 0 Å². The van der Waals surface area contributed by atoms with Crippen molar-refractivity contribution in [1.82, 2.24) is 5.32 Å². The number of aliphatic carboxylic acids is 1. The molecule has 0 fully saturated rings. The van der Waals surface area contributed by atoms with Gasteiger partial charge in [-0.3, -0.25) is 13.9 Å². The fourth-order valence-electron chi connectivity index (χ4n) is 2.39. The van der Waals surface area contributed by atoms with Gasteiger partial charge in [-0.2, -0.15) is 0 Å². The fraction of sp³-hybridized carbons (Fsp3) is 0.529. The molecule has 26 heavy (non-hydrogen) atoms. The molecule has 0 radical (unpaired) electrons. The van der Waals surface area contributed by atoms with Gasteiger partial charge in [0, 0.05) is 6.42 Å². The number of hydrogen-bond donors (Lipinski definition) is 4. The predicted octanol–water partition coefficient (Wildman–Crippen LogP) is 1.72. The quantitative estimate of drug-likeness (QED) is 0.425. The summed E-state index contributed by atoms with van der Waals surface area (Å²) in [5.41, 5.74) is 6.29. The average molecular weight is 386 g/mol. The third kappa shape index (κ3) is 7.25. The molecule has 5 N–H and O–H groups in total. The number of carbonyl (C=O) groups excluding carboxylic acids is 1. The molecule has 0 saturated heterocycles. The van der Waals surface area contributed by atoms with Crippen molar-refractivity contribution in [2.75, 3.05) is 6.54 Å². The molecule has 0 aliphatic carbocycles. The second-order valence-electron chi connectivity index (χ2n) is 6.32. The van der Waals surface area contributed by atoms with Gasteiger partial charge >= 0.3 is 13.6 Å². The highest BCUT2D eigenvalue weighted by molar-refractivity contribution is 7.53. The van der Waals surface area contributed by atoms with Crippen molar-refractivity contribution in [3.05, 3.63) is 35.9 Å². The number of aryl methyl sites for hydroxylation is 1. The van der Waals surface area contributed by atoms with Crippen LogP contribution < -0.4 is 11.1 Å². The van der Waals surface area contributed by atoms with E-state index >= 15 is 0 Å². The molecular formula is C17H27N2O6P. The molecule has 1 rings (SSSR count). The van der Waals surface area contributed by atoms with E-state index < -0.39 is 37.3 Å². The van der Waals surface area contributed by atoms with E-state index in [0.717, 1.165) is 5.56 Å². The molecule has 0 heterocycles. The molecule has 3 unspecified atom stereocenters. The maximum Gasteiger partial charge on any atom is 0.351 e. The van der Waals surface area contributed by atoms with Crippen LogP contribution in [-0.2, 0) is 25.1 Å². The fourth-order valence-corrected chi connectivity index (χ4v) is 4.14. The SMILES string of the molecule is CC(C)C(NC(=O)CCc1ccccc1)P(=O)(O)OC(CCN)C(=O)O. The average Bonchev–Trinajstić information content (AvgIpc) is 2.57. The van der Waals surface area contributed by atoms with Gasteiger partial charge < -0.3 is 21.1 Å². The minimum Gasteiger partial charge on any atom is -0.479 e. The summed E-state index contributed by atoms with van der Waals surface area (Å²) in [5.74, 6) is -3.41. The second-order valence-corrected chi connectivity index (χ2v) is 8.21. The van der Waals surface area contributed by atoms with Crippen LogP contribution in [0.4, 0.5) is 0 Å². The molecule has 1 aromatic rings.